The number of halogens is 2. The van der Waals surface area contributed by atoms with Crippen LogP contribution in [0.1, 0.15) is 5.56 Å². The molecule has 1 aromatic carbocycles. The summed E-state index contributed by atoms with van der Waals surface area (Å²) in [6, 6.07) is 3.72. The minimum absolute atomic E-state index is 0.0571. The van der Waals surface area contributed by atoms with Crippen molar-refractivity contribution in [3.05, 3.63) is 47.8 Å². The fourth-order valence-electron chi connectivity index (χ4n) is 1.83. The van der Waals surface area contributed by atoms with Gasteiger partial charge >= 0.3 is 0 Å². The number of aromatic nitrogens is 4. The highest BCUT2D eigenvalue weighted by atomic mass is 19.1. The molecule has 0 aliphatic carbocycles. The molecule has 3 rings (SSSR count). The van der Waals surface area contributed by atoms with E-state index in [1.165, 1.54) is 35.3 Å². The third-order valence-corrected chi connectivity index (χ3v) is 2.76. The van der Waals surface area contributed by atoms with Crippen LogP contribution >= 0.6 is 0 Å². The number of benzene rings is 1. The van der Waals surface area contributed by atoms with Gasteiger partial charge in [-0.2, -0.15) is 10.1 Å². The maximum absolute atomic E-state index is 13.6. The minimum atomic E-state index is -0.620. The quantitative estimate of drug-likeness (QED) is 0.762. The number of rotatable bonds is 2. The Bertz CT molecular complexity index is 733. The van der Waals surface area contributed by atoms with Crippen molar-refractivity contribution in [3.8, 4) is 0 Å². The zero-order chi connectivity index (χ0) is 13.4. The zero-order valence-electron chi connectivity index (χ0n) is 9.72. The summed E-state index contributed by atoms with van der Waals surface area (Å²) in [7, 11) is 0. The van der Waals surface area contributed by atoms with E-state index in [-0.39, 0.29) is 18.1 Å². The van der Waals surface area contributed by atoms with Crippen molar-refractivity contribution in [1.82, 2.24) is 19.7 Å². The molecule has 0 radical (unpaired) electrons. The van der Waals surface area contributed by atoms with Crippen LogP contribution in [0.15, 0.2) is 30.6 Å². The Morgan fingerprint density at radius 2 is 1.89 bits per heavy atom. The second-order valence-electron chi connectivity index (χ2n) is 4.01. The second kappa shape index (κ2) is 4.27. The van der Waals surface area contributed by atoms with Gasteiger partial charge in [-0.3, -0.25) is 0 Å². The van der Waals surface area contributed by atoms with Crippen molar-refractivity contribution in [3.63, 3.8) is 0 Å². The number of hydrogen-bond acceptors (Lipinski definition) is 4. The van der Waals surface area contributed by atoms with E-state index in [0.717, 1.165) is 0 Å². The Hall–Kier alpha value is -2.57. The fraction of sp³-hybridized carbons (Fsp3) is 0.0833. The molecule has 0 unspecified atom stereocenters. The Balaban J connectivity index is 2.08. The lowest BCUT2D eigenvalue weighted by Gasteiger charge is -2.06. The number of nitrogens with two attached hydrogens (primary N) is 1. The highest BCUT2D eigenvalue weighted by Gasteiger charge is 2.12. The van der Waals surface area contributed by atoms with Gasteiger partial charge in [-0.1, -0.05) is 6.07 Å². The highest BCUT2D eigenvalue weighted by molar-refractivity contribution is 5.74. The third kappa shape index (κ3) is 1.99. The summed E-state index contributed by atoms with van der Waals surface area (Å²) in [5, 5.41) is 4.70. The van der Waals surface area contributed by atoms with Crippen LogP contribution in [-0.4, -0.2) is 19.7 Å². The van der Waals surface area contributed by atoms with Gasteiger partial charge in [-0.25, -0.2) is 18.4 Å². The molecule has 3 aromatic rings. The van der Waals surface area contributed by atoms with Crippen LogP contribution in [0.3, 0.4) is 0 Å². The van der Waals surface area contributed by atoms with Crippen LogP contribution in [0, 0.1) is 11.6 Å². The van der Waals surface area contributed by atoms with Crippen LogP contribution in [0.4, 0.5) is 14.7 Å². The van der Waals surface area contributed by atoms with E-state index >= 15 is 0 Å². The maximum atomic E-state index is 13.6. The molecular formula is C12H9F2N5. The first-order valence-corrected chi connectivity index (χ1v) is 5.52. The Labute approximate surface area is 106 Å². The van der Waals surface area contributed by atoms with E-state index in [0.29, 0.717) is 11.0 Å². The van der Waals surface area contributed by atoms with Crippen LogP contribution in [0.5, 0.6) is 0 Å². The number of nitrogen functional groups attached to an aromatic ring is 1. The Morgan fingerprint density at radius 1 is 1.16 bits per heavy atom. The standard InChI is InChI=1S/C12H9F2N5/c13-9-2-1-3-10(14)8(9)6-19-11-7(5-17-19)4-16-12(15)18-11/h1-5H,6H2,(H2,15,16,18). The van der Waals surface area contributed by atoms with Gasteiger partial charge in [0.05, 0.1) is 18.1 Å². The monoisotopic (exact) mass is 261 g/mol. The molecule has 0 saturated heterocycles. The molecule has 2 N–H and O–H groups in total. The summed E-state index contributed by atoms with van der Waals surface area (Å²) in [6.45, 7) is -0.0571. The van der Waals surface area contributed by atoms with E-state index in [1.54, 1.807) is 0 Å². The predicted molar refractivity (Wildman–Crippen MR) is 65.2 cm³/mol. The predicted octanol–water partition coefficient (Wildman–Crippen LogP) is 1.74. The fourth-order valence-corrected chi connectivity index (χ4v) is 1.83. The molecule has 0 aliphatic rings. The van der Waals surface area contributed by atoms with E-state index in [9.17, 15) is 8.78 Å². The van der Waals surface area contributed by atoms with E-state index < -0.39 is 11.6 Å². The summed E-state index contributed by atoms with van der Waals surface area (Å²) in [5.74, 6) is -1.15. The smallest absolute Gasteiger partial charge is 0.222 e. The lowest BCUT2D eigenvalue weighted by molar-refractivity contribution is 0.536. The van der Waals surface area contributed by atoms with Gasteiger partial charge in [0.25, 0.3) is 0 Å². The largest absolute Gasteiger partial charge is 0.368 e. The molecule has 0 bridgehead atoms. The molecule has 0 spiro atoms. The summed E-state index contributed by atoms with van der Waals surface area (Å²) in [6.07, 6.45) is 3.03. The molecule has 0 fully saturated rings. The molecule has 96 valence electrons. The van der Waals surface area contributed by atoms with E-state index in [4.69, 9.17) is 5.73 Å². The lowest BCUT2D eigenvalue weighted by Crippen LogP contribution is -2.07. The van der Waals surface area contributed by atoms with Gasteiger partial charge in [0, 0.05) is 11.8 Å². The highest BCUT2D eigenvalue weighted by Crippen LogP contribution is 2.17. The van der Waals surface area contributed by atoms with Gasteiger partial charge < -0.3 is 5.73 Å². The summed E-state index contributed by atoms with van der Waals surface area (Å²) >= 11 is 0. The maximum Gasteiger partial charge on any atom is 0.222 e. The summed E-state index contributed by atoms with van der Waals surface area (Å²) in [5.41, 5.74) is 5.87. The lowest BCUT2D eigenvalue weighted by atomic mass is 10.2. The van der Waals surface area contributed by atoms with E-state index in [2.05, 4.69) is 15.1 Å². The van der Waals surface area contributed by atoms with Crippen LogP contribution < -0.4 is 5.73 Å². The molecule has 0 saturated carbocycles. The summed E-state index contributed by atoms with van der Waals surface area (Å²) in [4.78, 5) is 7.84. The first kappa shape index (κ1) is 11.5. The average Bonchev–Trinajstić information content (AvgIpc) is 2.76. The van der Waals surface area contributed by atoms with Gasteiger partial charge in [-0.15, -0.1) is 0 Å². The zero-order valence-corrected chi connectivity index (χ0v) is 9.72. The minimum Gasteiger partial charge on any atom is -0.368 e. The number of nitrogens with zero attached hydrogens (tertiary/aromatic N) is 4. The van der Waals surface area contributed by atoms with Gasteiger partial charge in [-0.05, 0) is 12.1 Å². The molecule has 0 atom stereocenters. The van der Waals surface area contributed by atoms with Crippen LogP contribution in [0.2, 0.25) is 0 Å². The molecule has 2 aromatic heterocycles. The third-order valence-electron chi connectivity index (χ3n) is 2.76. The van der Waals surface area contributed by atoms with Gasteiger partial charge in [0.2, 0.25) is 5.95 Å². The van der Waals surface area contributed by atoms with Crippen molar-refractivity contribution >= 4 is 17.0 Å². The Morgan fingerprint density at radius 3 is 2.63 bits per heavy atom. The first-order valence-electron chi connectivity index (χ1n) is 5.52. The van der Waals surface area contributed by atoms with Gasteiger partial charge in [0.1, 0.15) is 11.6 Å². The topological polar surface area (TPSA) is 69.6 Å². The molecule has 19 heavy (non-hydrogen) atoms. The average molecular weight is 261 g/mol. The first-order chi connectivity index (χ1) is 9.15. The van der Waals surface area contributed by atoms with Crippen LogP contribution in [0.25, 0.3) is 11.0 Å². The van der Waals surface area contributed by atoms with E-state index in [1.807, 2.05) is 0 Å². The summed E-state index contributed by atoms with van der Waals surface area (Å²) < 4.78 is 28.6. The number of hydrogen-bond donors (Lipinski definition) is 1. The SMILES string of the molecule is Nc1ncc2cnn(Cc3c(F)cccc3F)c2n1. The molecule has 7 heteroatoms. The normalized spacial score (nSPS) is 11.1. The molecule has 0 amide bonds. The molecular weight excluding hydrogens is 252 g/mol. The molecule has 0 aliphatic heterocycles. The molecule has 5 nitrogen and oxygen atoms in total. The van der Waals surface area contributed by atoms with Crippen molar-refractivity contribution in [2.24, 2.45) is 0 Å². The number of anilines is 1. The number of fused-ring (bicyclic) bond motifs is 1. The Kier molecular flexibility index (Phi) is 2.59. The molecule has 2 heterocycles. The second-order valence-corrected chi connectivity index (χ2v) is 4.01. The van der Waals surface area contributed by atoms with Crippen LogP contribution in [-0.2, 0) is 6.54 Å². The van der Waals surface area contributed by atoms with Crippen molar-refractivity contribution in [1.29, 1.82) is 0 Å². The van der Waals surface area contributed by atoms with Gasteiger partial charge in [0.15, 0.2) is 5.65 Å². The van der Waals surface area contributed by atoms with Crippen molar-refractivity contribution < 1.29 is 8.78 Å². The van der Waals surface area contributed by atoms with Crippen molar-refractivity contribution in [2.45, 2.75) is 6.54 Å². The van der Waals surface area contributed by atoms with Crippen molar-refractivity contribution in [2.75, 3.05) is 5.73 Å².